The number of aliphatic carboxylic acids is 1. The van der Waals surface area contributed by atoms with Crippen LogP contribution in [0.2, 0.25) is 10.0 Å². The highest BCUT2D eigenvalue weighted by atomic mass is 35.5. The van der Waals surface area contributed by atoms with Crippen molar-refractivity contribution in [2.24, 2.45) is 11.8 Å². The SMILES string of the molecule is O=C(O)COC[C@H]1CC[C@@H](Cn2nc(-c3ccccc3)c(-c3ccc(Cl)c(Cl)c3)cc2=O)CC1. The Bertz CT molecular complexity index is 1210. The minimum atomic E-state index is -0.947. The van der Waals surface area contributed by atoms with Gasteiger partial charge in [0.05, 0.1) is 22.3 Å². The van der Waals surface area contributed by atoms with Gasteiger partial charge in [0.2, 0.25) is 0 Å². The summed E-state index contributed by atoms with van der Waals surface area (Å²) >= 11 is 12.3. The Labute approximate surface area is 208 Å². The summed E-state index contributed by atoms with van der Waals surface area (Å²) in [5.74, 6) is -0.254. The molecule has 1 aliphatic rings. The topological polar surface area (TPSA) is 81.4 Å². The zero-order chi connectivity index (χ0) is 24.1. The van der Waals surface area contributed by atoms with E-state index < -0.39 is 5.97 Å². The van der Waals surface area contributed by atoms with Crippen molar-refractivity contribution in [2.75, 3.05) is 13.2 Å². The Morgan fingerprint density at radius 2 is 1.68 bits per heavy atom. The van der Waals surface area contributed by atoms with Gasteiger partial charge in [0.1, 0.15) is 6.61 Å². The van der Waals surface area contributed by atoms with Gasteiger partial charge in [-0.25, -0.2) is 9.48 Å². The Kier molecular flexibility index (Phi) is 8.03. The molecule has 1 fully saturated rings. The summed E-state index contributed by atoms with van der Waals surface area (Å²) in [5.41, 5.74) is 2.97. The summed E-state index contributed by atoms with van der Waals surface area (Å²) < 4.78 is 6.82. The van der Waals surface area contributed by atoms with E-state index in [-0.39, 0.29) is 12.2 Å². The van der Waals surface area contributed by atoms with Crippen molar-refractivity contribution in [1.82, 2.24) is 9.78 Å². The summed E-state index contributed by atoms with van der Waals surface area (Å²) in [6, 6.07) is 16.7. The maximum Gasteiger partial charge on any atom is 0.329 e. The lowest BCUT2D eigenvalue weighted by atomic mass is 9.82. The number of carboxylic acid groups (broad SMARTS) is 1. The Hall–Kier alpha value is -2.67. The molecule has 34 heavy (non-hydrogen) atoms. The van der Waals surface area contributed by atoms with Crippen molar-refractivity contribution in [3.8, 4) is 22.4 Å². The average Bonchev–Trinajstić information content (AvgIpc) is 2.83. The van der Waals surface area contributed by atoms with Crippen LogP contribution in [0.5, 0.6) is 0 Å². The minimum Gasteiger partial charge on any atom is -0.480 e. The van der Waals surface area contributed by atoms with Crippen molar-refractivity contribution >= 4 is 29.2 Å². The van der Waals surface area contributed by atoms with E-state index in [0.717, 1.165) is 36.8 Å². The molecule has 0 aliphatic heterocycles. The first-order valence-corrected chi connectivity index (χ1v) is 12.1. The number of carboxylic acids is 1. The third-order valence-electron chi connectivity index (χ3n) is 6.25. The van der Waals surface area contributed by atoms with Crippen LogP contribution in [0.3, 0.4) is 0 Å². The fraction of sp³-hybridized carbons (Fsp3) is 0.346. The summed E-state index contributed by atoms with van der Waals surface area (Å²) in [6.07, 6.45) is 3.80. The number of hydrogen-bond donors (Lipinski definition) is 1. The molecule has 8 heteroatoms. The van der Waals surface area contributed by atoms with Gasteiger partial charge in [0.15, 0.2) is 0 Å². The van der Waals surface area contributed by atoms with Crippen molar-refractivity contribution in [2.45, 2.75) is 32.2 Å². The third kappa shape index (κ3) is 6.06. The highest BCUT2D eigenvalue weighted by Crippen LogP contribution is 2.34. The van der Waals surface area contributed by atoms with Gasteiger partial charge in [-0.1, -0.05) is 59.6 Å². The zero-order valence-corrected chi connectivity index (χ0v) is 20.1. The molecule has 0 bridgehead atoms. The average molecular weight is 501 g/mol. The lowest BCUT2D eigenvalue weighted by molar-refractivity contribution is -0.142. The quantitative estimate of drug-likeness (QED) is 0.423. The molecule has 1 N–H and O–H groups in total. The molecule has 6 nitrogen and oxygen atoms in total. The van der Waals surface area contributed by atoms with E-state index in [1.807, 2.05) is 36.4 Å². The van der Waals surface area contributed by atoms with E-state index in [1.54, 1.807) is 22.9 Å². The highest BCUT2D eigenvalue weighted by molar-refractivity contribution is 6.42. The first kappa shape index (κ1) is 24.5. The fourth-order valence-electron chi connectivity index (χ4n) is 4.45. The normalized spacial score (nSPS) is 18.1. The van der Waals surface area contributed by atoms with Gasteiger partial charge in [0.25, 0.3) is 5.56 Å². The van der Waals surface area contributed by atoms with Crippen LogP contribution in [0.1, 0.15) is 25.7 Å². The molecule has 4 rings (SSSR count). The van der Waals surface area contributed by atoms with E-state index in [4.69, 9.17) is 38.1 Å². The predicted molar refractivity (Wildman–Crippen MR) is 133 cm³/mol. The Morgan fingerprint density at radius 1 is 0.971 bits per heavy atom. The summed E-state index contributed by atoms with van der Waals surface area (Å²) in [7, 11) is 0. The van der Waals surface area contributed by atoms with Gasteiger partial charge in [0, 0.05) is 23.7 Å². The molecule has 1 heterocycles. The second-order valence-electron chi connectivity index (χ2n) is 8.72. The molecule has 178 valence electrons. The van der Waals surface area contributed by atoms with Crippen LogP contribution in [0.15, 0.2) is 59.4 Å². The van der Waals surface area contributed by atoms with Gasteiger partial charge in [-0.15, -0.1) is 0 Å². The summed E-state index contributed by atoms with van der Waals surface area (Å²) in [5, 5.41) is 14.4. The van der Waals surface area contributed by atoms with Crippen LogP contribution in [0.4, 0.5) is 0 Å². The number of hydrogen-bond acceptors (Lipinski definition) is 4. The molecule has 0 spiro atoms. The largest absolute Gasteiger partial charge is 0.480 e. The van der Waals surface area contributed by atoms with Gasteiger partial charge in [-0.05, 0) is 55.2 Å². The van der Waals surface area contributed by atoms with E-state index in [9.17, 15) is 9.59 Å². The van der Waals surface area contributed by atoms with E-state index >= 15 is 0 Å². The molecule has 2 aromatic carbocycles. The molecule has 0 unspecified atom stereocenters. The summed E-state index contributed by atoms with van der Waals surface area (Å²) in [6.45, 7) is 0.753. The Balaban J connectivity index is 1.56. The maximum atomic E-state index is 13.1. The molecule has 3 aromatic rings. The van der Waals surface area contributed by atoms with E-state index in [2.05, 4.69) is 0 Å². The van der Waals surface area contributed by atoms with Crippen LogP contribution in [-0.4, -0.2) is 34.1 Å². The van der Waals surface area contributed by atoms with Crippen LogP contribution in [-0.2, 0) is 16.1 Å². The molecule has 0 amide bonds. The molecule has 1 aliphatic carbocycles. The van der Waals surface area contributed by atoms with Gasteiger partial charge < -0.3 is 9.84 Å². The fourth-order valence-corrected chi connectivity index (χ4v) is 4.75. The molecule has 1 saturated carbocycles. The molecule has 1 aromatic heterocycles. The molecule has 0 saturated heterocycles. The van der Waals surface area contributed by atoms with Crippen LogP contribution >= 0.6 is 23.2 Å². The minimum absolute atomic E-state index is 0.160. The van der Waals surface area contributed by atoms with Crippen molar-refractivity contribution in [3.05, 3.63) is 75.0 Å². The van der Waals surface area contributed by atoms with E-state index in [1.165, 1.54) is 0 Å². The molecule has 0 atom stereocenters. The number of rotatable bonds is 8. The number of aromatic nitrogens is 2. The summed E-state index contributed by atoms with van der Waals surface area (Å²) in [4.78, 5) is 23.7. The standard InChI is InChI=1S/C26H26Cl2N2O4/c27-22-11-10-20(12-23(22)28)21-13-24(31)30(29-26(21)19-4-2-1-3-5-19)14-17-6-8-18(9-7-17)15-34-16-25(32)33/h1-5,10-13,17-18H,6-9,14-16H2,(H,32,33)/t17-,18+. The Morgan fingerprint density at radius 3 is 2.35 bits per heavy atom. The van der Waals surface area contributed by atoms with Crippen LogP contribution in [0, 0.1) is 11.8 Å². The van der Waals surface area contributed by atoms with Crippen LogP contribution < -0.4 is 5.56 Å². The molecule has 0 radical (unpaired) electrons. The highest BCUT2D eigenvalue weighted by Gasteiger charge is 2.23. The number of carbonyl (C=O) groups is 1. The zero-order valence-electron chi connectivity index (χ0n) is 18.6. The smallest absolute Gasteiger partial charge is 0.329 e. The van der Waals surface area contributed by atoms with Crippen molar-refractivity contribution in [3.63, 3.8) is 0 Å². The maximum absolute atomic E-state index is 13.1. The van der Waals surface area contributed by atoms with Crippen molar-refractivity contribution < 1.29 is 14.6 Å². The predicted octanol–water partition coefficient (Wildman–Crippen LogP) is 5.79. The second kappa shape index (κ2) is 11.2. The van der Waals surface area contributed by atoms with Crippen LogP contribution in [0.25, 0.3) is 22.4 Å². The van der Waals surface area contributed by atoms with E-state index in [0.29, 0.717) is 46.3 Å². The van der Waals surface area contributed by atoms with Crippen molar-refractivity contribution in [1.29, 1.82) is 0 Å². The van der Waals surface area contributed by atoms with Gasteiger partial charge in [-0.2, -0.15) is 5.10 Å². The first-order chi connectivity index (χ1) is 16.4. The first-order valence-electron chi connectivity index (χ1n) is 11.3. The monoisotopic (exact) mass is 500 g/mol. The lowest BCUT2D eigenvalue weighted by Gasteiger charge is -2.28. The number of benzene rings is 2. The number of nitrogens with zero attached hydrogens (tertiary/aromatic N) is 2. The second-order valence-corrected chi connectivity index (χ2v) is 9.53. The molecular weight excluding hydrogens is 475 g/mol. The van der Waals surface area contributed by atoms with Gasteiger partial charge >= 0.3 is 5.97 Å². The van der Waals surface area contributed by atoms with Gasteiger partial charge in [-0.3, -0.25) is 4.79 Å². The number of halogens is 2. The molecular formula is C26H26Cl2N2O4. The lowest BCUT2D eigenvalue weighted by Crippen LogP contribution is -2.29. The number of ether oxygens (including phenoxy) is 1. The third-order valence-corrected chi connectivity index (χ3v) is 6.99.